The Morgan fingerprint density at radius 2 is 1.92 bits per heavy atom. The monoisotopic (exact) mass is 401 g/mol. The van der Waals surface area contributed by atoms with Gasteiger partial charge in [0.1, 0.15) is 17.5 Å². The number of aromatic nitrogens is 2. The van der Waals surface area contributed by atoms with Crippen LogP contribution < -0.4 is 0 Å². The molecule has 0 aliphatic carbocycles. The van der Waals surface area contributed by atoms with Crippen molar-refractivity contribution in [2.24, 2.45) is 0 Å². The van der Waals surface area contributed by atoms with E-state index in [1.165, 1.54) is 5.56 Å². The van der Waals surface area contributed by atoms with Crippen LogP contribution in [0.4, 0.5) is 8.78 Å². The minimum atomic E-state index is -0.497. The number of hydrogen-bond acceptors (Lipinski definition) is 2. The smallest absolute Gasteiger partial charge is 0.141 e. The largest absolute Gasteiger partial charge is 0.367 e. The van der Waals surface area contributed by atoms with Crippen LogP contribution in [-0.4, -0.2) is 14.9 Å². The van der Waals surface area contributed by atoms with E-state index in [2.05, 4.69) is 42.9 Å². The molecule has 0 saturated carbocycles. The second-order valence-corrected chi connectivity index (χ2v) is 6.83. The van der Waals surface area contributed by atoms with Crippen LogP contribution in [-0.2, 0) is 13.1 Å². The molecule has 25 heavy (non-hydrogen) atoms. The molecule has 0 radical (unpaired) electrons. The van der Waals surface area contributed by atoms with Crippen LogP contribution >= 0.6 is 15.9 Å². The number of halogens is 3. The molecule has 0 amide bonds. The molecule has 1 aliphatic rings. The molecule has 2 heterocycles. The lowest BCUT2D eigenvalue weighted by Gasteiger charge is -2.22. The molecular weight excluding hydrogens is 388 g/mol. The van der Waals surface area contributed by atoms with Crippen molar-refractivity contribution in [3.8, 4) is 11.4 Å². The summed E-state index contributed by atoms with van der Waals surface area (Å²) >= 11 is 3.43. The van der Waals surface area contributed by atoms with Crippen LogP contribution in [0.25, 0.3) is 17.5 Å². The topological polar surface area (TPSA) is 31.9 Å². The van der Waals surface area contributed by atoms with Crippen molar-refractivity contribution in [2.45, 2.75) is 13.1 Å². The maximum atomic E-state index is 14.0. The van der Waals surface area contributed by atoms with Crippen molar-refractivity contribution in [1.82, 2.24) is 14.9 Å². The van der Waals surface area contributed by atoms with E-state index in [-0.39, 0.29) is 5.56 Å². The van der Waals surface area contributed by atoms with Crippen LogP contribution in [0.2, 0.25) is 0 Å². The van der Waals surface area contributed by atoms with Gasteiger partial charge in [0.15, 0.2) is 0 Å². The third-order valence-corrected chi connectivity index (χ3v) is 4.63. The van der Waals surface area contributed by atoms with Gasteiger partial charge in [-0.2, -0.15) is 0 Å². The number of rotatable bonds is 3. The molecule has 6 heteroatoms. The molecule has 0 spiro atoms. The highest BCUT2D eigenvalue weighted by Gasteiger charge is 2.18. The van der Waals surface area contributed by atoms with E-state index in [4.69, 9.17) is 0 Å². The van der Waals surface area contributed by atoms with E-state index in [9.17, 15) is 8.78 Å². The van der Waals surface area contributed by atoms with Gasteiger partial charge in [0.2, 0.25) is 0 Å². The zero-order valence-electron chi connectivity index (χ0n) is 13.1. The Bertz CT molecular complexity index is 948. The zero-order valence-corrected chi connectivity index (χ0v) is 14.7. The van der Waals surface area contributed by atoms with Crippen molar-refractivity contribution in [1.29, 1.82) is 0 Å². The Morgan fingerprint density at radius 3 is 2.72 bits per heavy atom. The summed E-state index contributed by atoms with van der Waals surface area (Å²) in [5, 5.41) is 0. The van der Waals surface area contributed by atoms with Crippen molar-refractivity contribution < 1.29 is 8.78 Å². The van der Waals surface area contributed by atoms with Crippen LogP contribution in [0.1, 0.15) is 17.0 Å². The van der Waals surface area contributed by atoms with Gasteiger partial charge in [-0.3, -0.25) is 0 Å². The second kappa shape index (κ2) is 6.44. The first-order chi connectivity index (χ1) is 12.1. The average molecular weight is 402 g/mol. The van der Waals surface area contributed by atoms with Crippen molar-refractivity contribution >= 4 is 22.0 Å². The van der Waals surface area contributed by atoms with E-state index in [1.54, 1.807) is 0 Å². The summed E-state index contributed by atoms with van der Waals surface area (Å²) in [5.74, 6) is -0.640. The van der Waals surface area contributed by atoms with Gasteiger partial charge < -0.3 is 9.88 Å². The highest BCUT2D eigenvalue weighted by molar-refractivity contribution is 9.10. The molecule has 0 fully saturated rings. The zero-order chi connectivity index (χ0) is 17.4. The normalized spacial score (nSPS) is 13.2. The summed E-state index contributed by atoms with van der Waals surface area (Å²) in [5.41, 5.74) is 2.97. The number of hydrogen-bond donors (Lipinski definition) is 1. The molecule has 0 atom stereocenters. The SMILES string of the molecule is Fc1ccc(F)c(-c2nc3c([nH]2)C=CN(Cc2ccc(Br)cc2)C3)c1. The predicted octanol–water partition coefficient (Wildman–Crippen LogP) is 5.10. The van der Waals surface area contributed by atoms with Crippen molar-refractivity contribution in [3.63, 3.8) is 0 Å². The number of nitrogens with one attached hydrogen (secondary N) is 1. The minimum Gasteiger partial charge on any atom is -0.367 e. The number of fused-ring (bicyclic) bond motifs is 1. The first-order valence-corrected chi connectivity index (χ1v) is 8.59. The lowest BCUT2D eigenvalue weighted by molar-refractivity contribution is 0.355. The summed E-state index contributed by atoms with van der Waals surface area (Å²) in [6.45, 7) is 1.36. The van der Waals surface area contributed by atoms with E-state index in [1.807, 2.05) is 24.4 Å². The number of nitrogens with zero attached hydrogens (tertiary/aromatic N) is 2. The van der Waals surface area contributed by atoms with E-state index < -0.39 is 11.6 Å². The Balaban J connectivity index is 1.57. The Kier molecular flexibility index (Phi) is 4.13. The van der Waals surface area contributed by atoms with E-state index in [0.29, 0.717) is 12.4 Å². The molecule has 1 aromatic heterocycles. The third-order valence-electron chi connectivity index (χ3n) is 4.10. The fraction of sp³-hybridized carbons (Fsp3) is 0.105. The highest BCUT2D eigenvalue weighted by Crippen LogP contribution is 2.26. The van der Waals surface area contributed by atoms with Gasteiger partial charge in [0.25, 0.3) is 0 Å². The average Bonchev–Trinajstić information content (AvgIpc) is 3.02. The summed E-state index contributed by atoms with van der Waals surface area (Å²) in [6, 6.07) is 11.5. The molecule has 1 aliphatic heterocycles. The fourth-order valence-electron chi connectivity index (χ4n) is 2.85. The summed E-state index contributed by atoms with van der Waals surface area (Å²) in [7, 11) is 0. The predicted molar refractivity (Wildman–Crippen MR) is 96.4 cm³/mol. The van der Waals surface area contributed by atoms with Crippen LogP contribution in [0, 0.1) is 11.6 Å². The lowest BCUT2D eigenvalue weighted by atomic mass is 10.2. The summed E-state index contributed by atoms with van der Waals surface area (Å²) < 4.78 is 28.4. The van der Waals surface area contributed by atoms with Crippen LogP contribution in [0.15, 0.2) is 53.1 Å². The van der Waals surface area contributed by atoms with E-state index in [0.717, 1.165) is 40.6 Å². The quantitative estimate of drug-likeness (QED) is 0.661. The number of H-pyrrole nitrogens is 1. The summed E-state index contributed by atoms with van der Waals surface area (Å²) in [4.78, 5) is 9.66. The maximum Gasteiger partial charge on any atom is 0.141 e. The first-order valence-electron chi connectivity index (χ1n) is 7.79. The Labute approximate surface area is 152 Å². The highest BCUT2D eigenvalue weighted by atomic mass is 79.9. The molecule has 1 N–H and O–H groups in total. The van der Waals surface area contributed by atoms with Gasteiger partial charge in [-0.15, -0.1) is 0 Å². The maximum absolute atomic E-state index is 14.0. The van der Waals surface area contributed by atoms with Gasteiger partial charge in [-0.1, -0.05) is 28.1 Å². The standard InChI is InChI=1S/C19H14BrF2N3/c20-13-3-1-12(2-4-13)10-25-8-7-17-18(11-25)24-19(23-17)15-9-14(21)5-6-16(15)22/h1-9H,10-11H2,(H,23,24). The molecule has 126 valence electrons. The molecule has 2 aromatic carbocycles. The number of imidazole rings is 1. The van der Waals surface area contributed by atoms with Gasteiger partial charge in [0.05, 0.1) is 23.5 Å². The second-order valence-electron chi connectivity index (χ2n) is 5.92. The Morgan fingerprint density at radius 1 is 1.12 bits per heavy atom. The lowest BCUT2D eigenvalue weighted by Crippen LogP contribution is -2.19. The number of aromatic amines is 1. The van der Waals surface area contributed by atoms with Gasteiger partial charge in [-0.05, 0) is 42.0 Å². The molecule has 0 saturated heterocycles. The third kappa shape index (κ3) is 3.35. The van der Waals surface area contributed by atoms with Crippen LogP contribution in [0.3, 0.4) is 0 Å². The molecule has 3 nitrogen and oxygen atoms in total. The van der Waals surface area contributed by atoms with Crippen molar-refractivity contribution in [3.05, 3.63) is 81.7 Å². The molecule has 0 bridgehead atoms. The molecular formula is C19H14BrF2N3. The minimum absolute atomic E-state index is 0.141. The summed E-state index contributed by atoms with van der Waals surface area (Å²) in [6.07, 6.45) is 3.89. The van der Waals surface area contributed by atoms with Gasteiger partial charge >= 0.3 is 0 Å². The fourth-order valence-corrected chi connectivity index (χ4v) is 3.11. The number of benzene rings is 2. The first kappa shape index (κ1) is 16.0. The van der Waals surface area contributed by atoms with Gasteiger partial charge in [0, 0.05) is 17.2 Å². The van der Waals surface area contributed by atoms with Crippen LogP contribution in [0.5, 0.6) is 0 Å². The molecule has 4 rings (SSSR count). The molecule has 0 unspecified atom stereocenters. The van der Waals surface area contributed by atoms with Crippen molar-refractivity contribution in [2.75, 3.05) is 0 Å². The Hall–Kier alpha value is -2.47. The molecule has 3 aromatic rings. The van der Waals surface area contributed by atoms with E-state index >= 15 is 0 Å². The van der Waals surface area contributed by atoms with Gasteiger partial charge in [-0.25, -0.2) is 13.8 Å².